The van der Waals surface area contributed by atoms with Crippen LogP contribution in [0.1, 0.15) is 39.6 Å². The highest BCUT2D eigenvalue weighted by Gasteiger charge is 2.38. The van der Waals surface area contributed by atoms with Crippen molar-refractivity contribution in [2.75, 3.05) is 13.1 Å². The number of benzene rings is 4. The normalized spacial score (nSPS) is 14.5. The molecule has 1 unspecified atom stereocenters. The summed E-state index contributed by atoms with van der Waals surface area (Å²) in [7, 11) is 0. The number of carbonyl (C=O) groups is 3. The average molecular weight is 624 g/mol. The van der Waals surface area contributed by atoms with Gasteiger partial charge in [-0.05, 0) is 54.3 Å². The van der Waals surface area contributed by atoms with E-state index in [1.807, 2.05) is 85.9 Å². The maximum absolute atomic E-state index is 13.4. The molecular weight excluding hydrogens is 590 g/mol. The zero-order valence-electron chi connectivity index (χ0n) is 25.8. The summed E-state index contributed by atoms with van der Waals surface area (Å²) in [5.41, 5.74) is 6.81. The Balaban J connectivity index is 1.04. The fourth-order valence-corrected chi connectivity index (χ4v) is 6.04. The molecule has 4 aromatic carbocycles. The van der Waals surface area contributed by atoms with Crippen LogP contribution < -0.4 is 10.6 Å². The third kappa shape index (κ3) is 6.00. The molecular formula is C37H33N7O3. The zero-order valence-corrected chi connectivity index (χ0v) is 25.8. The highest BCUT2D eigenvalue weighted by Crippen LogP contribution is 2.29. The van der Waals surface area contributed by atoms with Crippen molar-refractivity contribution in [1.82, 2.24) is 35.1 Å². The number of fused-ring (bicyclic) bond motifs is 1. The van der Waals surface area contributed by atoms with Gasteiger partial charge in [0.2, 0.25) is 0 Å². The molecule has 1 saturated heterocycles. The van der Waals surface area contributed by atoms with Crippen LogP contribution in [-0.2, 0) is 11.3 Å². The maximum Gasteiger partial charge on any atom is 0.325 e. The van der Waals surface area contributed by atoms with Crippen LogP contribution in [-0.4, -0.2) is 55.4 Å². The Bertz CT molecular complexity index is 2090. The van der Waals surface area contributed by atoms with E-state index in [-0.39, 0.29) is 24.9 Å². The average Bonchev–Trinajstić information content (AvgIpc) is 3.80. The molecule has 234 valence electrons. The quantitative estimate of drug-likeness (QED) is 0.151. The number of urea groups is 1. The lowest BCUT2D eigenvalue weighted by Gasteiger charge is -2.14. The standard InChI is InChI=1S/C37H33N7O3/c1-25-17-18-30(35(45)38-19-10-20-42-36(46)34(39-37(42)47)27-13-6-3-7-14-27)33(21-25)44-24-29(40-41-44)23-43-31-16-9-8-15-28(31)22-32(43)26-11-4-2-5-12-26/h2-9,11-18,21-22,24,34H,10,19-20,23H2,1H3,(H,38,45)(H,39,47). The topological polar surface area (TPSA) is 114 Å². The fourth-order valence-electron chi connectivity index (χ4n) is 6.04. The van der Waals surface area contributed by atoms with E-state index < -0.39 is 12.1 Å². The summed E-state index contributed by atoms with van der Waals surface area (Å²) < 4.78 is 3.87. The van der Waals surface area contributed by atoms with Gasteiger partial charge >= 0.3 is 6.03 Å². The molecule has 1 aliphatic heterocycles. The first kappa shape index (κ1) is 29.7. The van der Waals surface area contributed by atoms with Gasteiger partial charge in [0, 0.05) is 29.7 Å². The van der Waals surface area contributed by atoms with Crippen molar-refractivity contribution >= 4 is 28.7 Å². The van der Waals surface area contributed by atoms with E-state index in [0.29, 0.717) is 24.2 Å². The monoisotopic (exact) mass is 623 g/mol. The van der Waals surface area contributed by atoms with Crippen LogP contribution in [0.4, 0.5) is 4.79 Å². The minimum atomic E-state index is -0.692. The Morgan fingerprint density at radius 3 is 2.45 bits per heavy atom. The molecule has 7 rings (SSSR count). The summed E-state index contributed by atoms with van der Waals surface area (Å²) in [5.74, 6) is -0.571. The van der Waals surface area contributed by atoms with Gasteiger partial charge in [-0.2, -0.15) is 0 Å². The highest BCUT2D eigenvalue weighted by atomic mass is 16.2. The summed E-state index contributed by atoms with van der Waals surface area (Å²) in [4.78, 5) is 40.0. The molecule has 0 aliphatic carbocycles. The van der Waals surface area contributed by atoms with Crippen molar-refractivity contribution in [2.24, 2.45) is 0 Å². The lowest BCUT2D eigenvalue weighted by atomic mass is 10.1. The number of nitrogens with zero attached hydrogens (tertiary/aromatic N) is 5. The lowest BCUT2D eigenvalue weighted by Crippen LogP contribution is -2.34. The number of aryl methyl sites for hydroxylation is 1. The SMILES string of the molecule is Cc1ccc(C(=O)NCCCN2C(=O)NC(c3ccccc3)C2=O)c(-n2cc(Cn3c(-c4ccccc4)cc4ccccc43)nn2)c1. The van der Waals surface area contributed by atoms with Crippen LogP contribution in [0.5, 0.6) is 0 Å². The summed E-state index contributed by atoms with van der Waals surface area (Å²) in [5, 5.41) is 15.7. The Morgan fingerprint density at radius 1 is 0.894 bits per heavy atom. The first-order valence-corrected chi connectivity index (χ1v) is 15.6. The Morgan fingerprint density at radius 2 is 1.64 bits per heavy atom. The molecule has 47 heavy (non-hydrogen) atoms. The number of para-hydroxylation sites is 1. The fraction of sp³-hybridized carbons (Fsp3) is 0.162. The van der Waals surface area contributed by atoms with Gasteiger partial charge in [0.1, 0.15) is 11.7 Å². The van der Waals surface area contributed by atoms with Gasteiger partial charge in [0.25, 0.3) is 11.8 Å². The second-order valence-corrected chi connectivity index (χ2v) is 11.6. The summed E-state index contributed by atoms with van der Waals surface area (Å²) >= 11 is 0. The zero-order chi connectivity index (χ0) is 32.3. The van der Waals surface area contributed by atoms with Crippen molar-refractivity contribution in [3.05, 3.63) is 138 Å². The number of hydrogen-bond acceptors (Lipinski definition) is 5. The molecule has 0 saturated carbocycles. The highest BCUT2D eigenvalue weighted by molar-refractivity contribution is 6.04. The number of nitrogens with one attached hydrogen (secondary N) is 2. The van der Waals surface area contributed by atoms with E-state index in [1.165, 1.54) is 4.90 Å². The first-order chi connectivity index (χ1) is 23.0. The van der Waals surface area contributed by atoms with Crippen LogP contribution in [0.15, 0.2) is 115 Å². The largest absolute Gasteiger partial charge is 0.352 e. The second kappa shape index (κ2) is 12.8. The molecule has 3 heterocycles. The number of hydrogen-bond donors (Lipinski definition) is 2. The summed E-state index contributed by atoms with van der Waals surface area (Å²) in [6.45, 7) is 2.94. The van der Waals surface area contributed by atoms with Gasteiger partial charge < -0.3 is 15.2 Å². The van der Waals surface area contributed by atoms with Crippen LogP contribution in [0.3, 0.4) is 0 Å². The van der Waals surface area contributed by atoms with E-state index in [2.05, 4.69) is 55.8 Å². The summed E-state index contributed by atoms with van der Waals surface area (Å²) in [6.07, 6.45) is 2.27. The summed E-state index contributed by atoms with van der Waals surface area (Å²) in [6, 6.07) is 34.3. The van der Waals surface area contributed by atoms with Crippen molar-refractivity contribution in [3.63, 3.8) is 0 Å². The van der Waals surface area contributed by atoms with Crippen molar-refractivity contribution < 1.29 is 14.4 Å². The predicted molar refractivity (Wildman–Crippen MR) is 179 cm³/mol. The number of carbonyl (C=O) groups excluding carboxylic acids is 3. The lowest BCUT2D eigenvalue weighted by molar-refractivity contribution is -0.127. The maximum atomic E-state index is 13.4. The van der Waals surface area contributed by atoms with Gasteiger partial charge in [-0.1, -0.05) is 90.1 Å². The van der Waals surface area contributed by atoms with Crippen molar-refractivity contribution in [3.8, 4) is 16.9 Å². The van der Waals surface area contributed by atoms with Gasteiger partial charge in [0.05, 0.1) is 24.0 Å². The molecule has 10 nitrogen and oxygen atoms in total. The van der Waals surface area contributed by atoms with Gasteiger partial charge in [-0.3, -0.25) is 14.5 Å². The van der Waals surface area contributed by atoms with Crippen LogP contribution in [0.25, 0.3) is 27.8 Å². The molecule has 4 amide bonds. The van der Waals surface area contributed by atoms with Crippen molar-refractivity contribution in [2.45, 2.75) is 25.9 Å². The minimum Gasteiger partial charge on any atom is -0.352 e. The molecule has 1 aliphatic rings. The smallest absolute Gasteiger partial charge is 0.325 e. The molecule has 0 bridgehead atoms. The van der Waals surface area contributed by atoms with E-state index in [1.54, 1.807) is 10.7 Å². The minimum absolute atomic E-state index is 0.195. The molecule has 10 heteroatoms. The van der Waals surface area contributed by atoms with E-state index >= 15 is 0 Å². The Kier molecular flexibility index (Phi) is 8.06. The molecule has 1 fully saturated rings. The van der Waals surface area contributed by atoms with Crippen molar-refractivity contribution in [1.29, 1.82) is 0 Å². The second-order valence-electron chi connectivity index (χ2n) is 11.6. The molecule has 2 aromatic heterocycles. The Hall–Kier alpha value is -6.03. The molecule has 1 atom stereocenters. The molecule has 0 radical (unpaired) electrons. The van der Waals surface area contributed by atoms with E-state index in [9.17, 15) is 14.4 Å². The van der Waals surface area contributed by atoms with Gasteiger partial charge in [0.15, 0.2) is 0 Å². The molecule has 6 aromatic rings. The predicted octanol–water partition coefficient (Wildman–Crippen LogP) is 5.66. The van der Waals surface area contributed by atoms with Gasteiger partial charge in [-0.15, -0.1) is 5.10 Å². The van der Waals surface area contributed by atoms with Gasteiger partial charge in [-0.25, -0.2) is 9.48 Å². The first-order valence-electron chi connectivity index (χ1n) is 15.6. The Labute approximate surface area is 271 Å². The molecule has 0 spiro atoms. The third-order valence-electron chi connectivity index (χ3n) is 8.39. The number of imide groups is 1. The van der Waals surface area contributed by atoms with Crippen LogP contribution in [0, 0.1) is 6.92 Å². The number of rotatable bonds is 10. The van der Waals surface area contributed by atoms with E-state index in [4.69, 9.17) is 0 Å². The number of amides is 4. The number of aromatic nitrogens is 4. The van der Waals surface area contributed by atoms with Crippen LogP contribution in [0.2, 0.25) is 0 Å². The third-order valence-corrected chi connectivity index (χ3v) is 8.39. The van der Waals surface area contributed by atoms with E-state index in [0.717, 1.165) is 39.0 Å². The molecule has 2 N–H and O–H groups in total. The van der Waals surface area contributed by atoms with Crippen LogP contribution >= 0.6 is 0 Å².